The molecule has 1 amide bonds. The zero-order valence-corrected chi connectivity index (χ0v) is 15.8. The summed E-state index contributed by atoms with van der Waals surface area (Å²) in [5, 5.41) is 2.92. The second-order valence-corrected chi connectivity index (χ2v) is 8.70. The second-order valence-electron chi connectivity index (χ2n) is 6.76. The molecule has 0 aromatic heterocycles. The van der Waals surface area contributed by atoms with Crippen LogP contribution in [0.25, 0.3) is 0 Å². The van der Waals surface area contributed by atoms with E-state index in [9.17, 15) is 13.2 Å². The Bertz CT molecular complexity index is 714. The van der Waals surface area contributed by atoms with E-state index in [0.29, 0.717) is 31.7 Å². The van der Waals surface area contributed by atoms with Crippen molar-refractivity contribution >= 4 is 15.9 Å². The molecule has 2 fully saturated rings. The van der Waals surface area contributed by atoms with Crippen LogP contribution in [0.1, 0.15) is 25.7 Å². The molecule has 2 heterocycles. The van der Waals surface area contributed by atoms with Gasteiger partial charge in [0, 0.05) is 26.2 Å². The summed E-state index contributed by atoms with van der Waals surface area (Å²) in [5.74, 6) is 0.197. The molecule has 0 spiro atoms. The number of carbonyl (C=O) groups is 1. The van der Waals surface area contributed by atoms with Gasteiger partial charge < -0.3 is 14.8 Å². The Kier molecular flexibility index (Phi) is 6.16. The maximum atomic E-state index is 12.9. The Balaban J connectivity index is 1.61. The van der Waals surface area contributed by atoms with Gasteiger partial charge in [0.2, 0.25) is 15.9 Å². The molecule has 2 saturated heterocycles. The van der Waals surface area contributed by atoms with Crippen LogP contribution < -0.4 is 10.1 Å². The average molecular weight is 382 g/mol. The summed E-state index contributed by atoms with van der Waals surface area (Å²) < 4.78 is 37.7. The van der Waals surface area contributed by atoms with Crippen molar-refractivity contribution in [1.82, 2.24) is 9.62 Å². The number of rotatable bonds is 6. The Morgan fingerprint density at radius 2 is 2.04 bits per heavy atom. The molecule has 2 atom stereocenters. The van der Waals surface area contributed by atoms with Crippen LogP contribution in [0.5, 0.6) is 5.75 Å². The standard InChI is InChI=1S/C18H26N2O5S/c1-24-15-6-8-17(9-7-15)26(22,23)20-10-2-4-14(13-20)18(21)19-12-16-5-3-11-25-16/h6-9,14,16H,2-5,10-13H2,1H3,(H,19,21)/t14-,16+/m1/s1. The van der Waals surface area contributed by atoms with E-state index in [4.69, 9.17) is 9.47 Å². The molecule has 1 aromatic rings. The molecule has 0 aliphatic carbocycles. The van der Waals surface area contributed by atoms with Crippen molar-refractivity contribution in [3.63, 3.8) is 0 Å². The normalized spacial score (nSPS) is 24.3. The number of ether oxygens (including phenoxy) is 2. The van der Waals surface area contributed by atoms with Crippen molar-refractivity contribution in [1.29, 1.82) is 0 Å². The highest BCUT2D eigenvalue weighted by Gasteiger charge is 2.33. The van der Waals surface area contributed by atoms with Gasteiger partial charge in [0.25, 0.3) is 0 Å². The predicted octanol–water partition coefficient (Wildman–Crippen LogP) is 1.39. The maximum Gasteiger partial charge on any atom is 0.243 e. The number of hydrogen-bond donors (Lipinski definition) is 1. The van der Waals surface area contributed by atoms with Crippen molar-refractivity contribution in [3.8, 4) is 5.75 Å². The van der Waals surface area contributed by atoms with Gasteiger partial charge in [-0.05, 0) is 49.9 Å². The number of nitrogens with zero attached hydrogens (tertiary/aromatic N) is 1. The van der Waals surface area contributed by atoms with Gasteiger partial charge >= 0.3 is 0 Å². The Labute approximate surface area is 154 Å². The van der Waals surface area contributed by atoms with Gasteiger partial charge in [0.1, 0.15) is 5.75 Å². The quantitative estimate of drug-likeness (QED) is 0.804. The summed E-state index contributed by atoms with van der Waals surface area (Å²) in [6.45, 7) is 1.90. The van der Waals surface area contributed by atoms with E-state index >= 15 is 0 Å². The molecule has 2 aliphatic rings. The summed E-state index contributed by atoms with van der Waals surface area (Å²) in [6, 6.07) is 6.33. The highest BCUT2D eigenvalue weighted by atomic mass is 32.2. The van der Waals surface area contributed by atoms with Crippen LogP contribution in [0.3, 0.4) is 0 Å². The third-order valence-electron chi connectivity index (χ3n) is 4.98. The van der Waals surface area contributed by atoms with Gasteiger partial charge in [-0.25, -0.2) is 8.42 Å². The lowest BCUT2D eigenvalue weighted by atomic mass is 9.99. The molecule has 3 rings (SSSR count). The van der Waals surface area contributed by atoms with Gasteiger partial charge in [-0.15, -0.1) is 0 Å². The number of hydrogen-bond acceptors (Lipinski definition) is 5. The summed E-state index contributed by atoms with van der Waals surface area (Å²) in [4.78, 5) is 12.7. The number of benzene rings is 1. The number of carbonyl (C=O) groups excluding carboxylic acids is 1. The van der Waals surface area contributed by atoms with Gasteiger partial charge in [-0.3, -0.25) is 4.79 Å². The third-order valence-corrected chi connectivity index (χ3v) is 6.86. The maximum absolute atomic E-state index is 12.9. The van der Waals surface area contributed by atoms with Gasteiger partial charge in [0.05, 0.1) is 24.0 Å². The Morgan fingerprint density at radius 1 is 1.27 bits per heavy atom. The third kappa shape index (κ3) is 4.36. The van der Waals surface area contributed by atoms with E-state index < -0.39 is 10.0 Å². The number of methoxy groups -OCH3 is 1. The first-order valence-corrected chi connectivity index (χ1v) is 10.5. The van der Waals surface area contributed by atoms with Crippen molar-refractivity contribution in [3.05, 3.63) is 24.3 Å². The monoisotopic (exact) mass is 382 g/mol. The lowest BCUT2D eigenvalue weighted by Crippen LogP contribution is -2.46. The number of nitrogens with one attached hydrogen (secondary N) is 1. The molecule has 7 nitrogen and oxygen atoms in total. The van der Waals surface area contributed by atoms with Gasteiger partial charge in [-0.2, -0.15) is 4.31 Å². The summed E-state index contributed by atoms with van der Waals surface area (Å²) in [6.07, 6.45) is 3.45. The number of amides is 1. The van der Waals surface area contributed by atoms with Crippen LogP contribution in [0.15, 0.2) is 29.2 Å². The molecule has 0 unspecified atom stereocenters. The van der Waals surface area contributed by atoms with E-state index in [-0.39, 0.29) is 29.4 Å². The lowest BCUT2D eigenvalue weighted by molar-refractivity contribution is -0.126. The van der Waals surface area contributed by atoms with Crippen molar-refractivity contribution in [2.75, 3.05) is 33.4 Å². The smallest absolute Gasteiger partial charge is 0.243 e. The van der Waals surface area contributed by atoms with Crippen molar-refractivity contribution in [2.24, 2.45) is 5.92 Å². The molecule has 26 heavy (non-hydrogen) atoms. The van der Waals surface area contributed by atoms with E-state index in [1.165, 1.54) is 23.5 Å². The first kappa shape index (κ1) is 19.1. The minimum absolute atomic E-state index is 0.0849. The van der Waals surface area contributed by atoms with Crippen LogP contribution in [0.2, 0.25) is 0 Å². The van der Waals surface area contributed by atoms with Crippen molar-refractivity contribution < 1.29 is 22.7 Å². The van der Waals surface area contributed by atoms with Crippen LogP contribution >= 0.6 is 0 Å². The molecular formula is C18H26N2O5S. The van der Waals surface area contributed by atoms with E-state index in [2.05, 4.69) is 5.32 Å². The van der Waals surface area contributed by atoms with Crippen molar-refractivity contribution in [2.45, 2.75) is 36.7 Å². The minimum atomic E-state index is -3.61. The molecule has 1 N–H and O–H groups in total. The zero-order chi connectivity index (χ0) is 18.6. The topological polar surface area (TPSA) is 84.9 Å². The molecule has 2 aliphatic heterocycles. The van der Waals surface area contributed by atoms with Gasteiger partial charge in [-0.1, -0.05) is 0 Å². The first-order chi connectivity index (χ1) is 12.5. The fraction of sp³-hybridized carbons (Fsp3) is 0.611. The van der Waals surface area contributed by atoms with Crippen LogP contribution in [-0.4, -0.2) is 58.1 Å². The molecule has 0 bridgehead atoms. The highest BCUT2D eigenvalue weighted by Crippen LogP contribution is 2.25. The van der Waals surface area contributed by atoms with Crippen LogP contribution in [0, 0.1) is 5.92 Å². The Hall–Kier alpha value is -1.64. The molecule has 8 heteroatoms. The van der Waals surface area contributed by atoms with Gasteiger partial charge in [0.15, 0.2) is 0 Å². The predicted molar refractivity (Wildman–Crippen MR) is 96.5 cm³/mol. The first-order valence-electron chi connectivity index (χ1n) is 9.04. The molecule has 144 valence electrons. The zero-order valence-electron chi connectivity index (χ0n) is 15.0. The second kappa shape index (κ2) is 8.37. The molecular weight excluding hydrogens is 356 g/mol. The van der Waals surface area contributed by atoms with E-state index in [0.717, 1.165) is 19.4 Å². The fourth-order valence-electron chi connectivity index (χ4n) is 3.44. The average Bonchev–Trinajstić information content (AvgIpc) is 3.20. The summed E-state index contributed by atoms with van der Waals surface area (Å²) in [7, 11) is -2.08. The Morgan fingerprint density at radius 3 is 2.69 bits per heavy atom. The number of sulfonamides is 1. The molecule has 1 aromatic carbocycles. The van der Waals surface area contributed by atoms with Crippen LogP contribution in [-0.2, 0) is 19.6 Å². The van der Waals surface area contributed by atoms with Crippen LogP contribution in [0.4, 0.5) is 0 Å². The fourth-order valence-corrected chi connectivity index (χ4v) is 4.96. The summed E-state index contributed by atoms with van der Waals surface area (Å²) in [5.41, 5.74) is 0. The minimum Gasteiger partial charge on any atom is -0.497 e. The SMILES string of the molecule is COc1ccc(S(=O)(=O)N2CCC[C@@H](C(=O)NC[C@@H]3CCCO3)C2)cc1. The molecule has 0 saturated carbocycles. The van der Waals surface area contributed by atoms with E-state index in [1.807, 2.05) is 0 Å². The largest absolute Gasteiger partial charge is 0.497 e. The lowest BCUT2D eigenvalue weighted by Gasteiger charge is -2.31. The molecule has 0 radical (unpaired) electrons. The van der Waals surface area contributed by atoms with E-state index in [1.54, 1.807) is 12.1 Å². The highest BCUT2D eigenvalue weighted by molar-refractivity contribution is 7.89. The number of piperidine rings is 1. The summed E-state index contributed by atoms with van der Waals surface area (Å²) >= 11 is 0.